The summed E-state index contributed by atoms with van der Waals surface area (Å²) in [5.41, 5.74) is 5.07. The van der Waals surface area contributed by atoms with Crippen LogP contribution in [-0.4, -0.2) is 66.7 Å². The van der Waals surface area contributed by atoms with Gasteiger partial charge in [0.15, 0.2) is 11.5 Å². The van der Waals surface area contributed by atoms with Crippen molar-refractivity contribution in [1.82, 2.24) is 14.4 Å². The smallest absolute Gasteiger partial charge is 0.231 e. The van der Waals surface area contributed by atoms with Crippen LogP contribution < -0.4 is 14.2 Å². The zero-order valence-electron chi connectivity index (χ0n) is 20.2. The first kappa shape index (κ1) is 21.8. The Morgan fingerprint density at radius 2 is 1.85 bits per heavy atom. The number of rotatable bonds is 4. The van der Waals surface area contributed by atoms with Gasteiger partial charge in [0.05, 0.1) is 25.3 Å². The average molecular weight is 464 g/mol. The Bertz CT molecular complexity index is 1230. The van der Waals surface area contributed by atoms with E-state index in [1.807, 2.05) is 6.07 Å². The van der Waals surface area contributed by atoms with Gasteiger partial charge in [0, 0.05) is 42.7 Å². The molecule has 0 bridgehead atoms. The van der Waals surface area contributed by atoms with Crippen LogP contribution in [0, 0.1) is 0 Å². The van der Waals surface area contributed by atoms with Gasteiger partial charge in [-0.2, -0.15) is 0 Å². The molecule has 1 fully saturated rings. The molecule has 4 heterocycles. The summed E-state index contributed by atoms with van der Waals surface area (Å²) < 4.78 is 19.0. The molecule has 3 aromatic rings. The number of aromatic nitrogens is 1. The first-order valence-electron chi connectivity index (χ1n) is 12.1. The zero-order chi connectivity index (χ0) is 23.4. The summed E-state index contributed by atoms with van der Waals surface area (Å²) in [5, 5.41) is 12.0. The lowest BCUT2D eigenvalue weighted by Gasteiger charge is -2.50. The topological polar surface area (TPSA) is 59.3 Å². The molecule has 34 heavy (non-hydrogen) atoms. The van der Waals surface area contributed by atoms with Crippen molar-refractivity contribution in [2.75, 3.05) is 47.2 Å². The summed E-state index contributed by atoms with van der Waals surface area (Å²) in [6.07, 6.45) is 2.22. The van der Waals surface area contributed by atoms with Crippen LogP contribution in [-0.2, 0) is 19.0 Å². The van der Waals surface area contributed by atoms with E-state index in [1.54, 1.807) is 7.11 Å². The highest BCUT2D eigenvalue weighted by Crippen LogP contribution is 2.50. The van der Waals surface area contributed by atoms with Gasteiger partial charge in [-0.25, -0.2) is 0 Å². The van der Waals surface area contributed by atoms with Crippen LogP contribution >= 0.6 is 0 Å². The molecular formula is C27H33N3O4. The number of methoxy groups -OCH3 is 1. The van der Waals surface area contributed by atoms with E-state index in [0.717, 1.165) is 56.3 Å². The number of aryl methyl sites for hydroxylation is 1. The predicted octanol–water partition coefficient (Wildman–Crippen LogP) is 3.43. The monoisotopic (exact) mass is 463 g/mol. The molecule has 0 unspecified atom stereocenters. The maximum Gasteiger partial charge on any atom is 0.231 e. The first-order valence-corrected chi connectivity index (χ1v) is 12.1. The van der Waals surface area contributed by atoms with Crippen LogP contribution in [0.4, 0.5) is 0 Å². The van der Waals surface area contributed by atoms with E-state index in [4.69, 9.17) is 14.2 Å². The van der Waals surface area contributed by atoms with Gasteiger partial charge in [-0.1, -0.05) is 6.07 Å². The fourth-order valence-corrected chi connectivity index (χ4v) is 6.36. The minimum atomic E-state index is -0.0749. The highest BCUT2D eigenvalue weighted by atomic mass is 16.7. The van der Waals surface area contributed by atoms with E-state index < -0.39 is 0 Å². The zero-order valence-corrected chi connectivity index (χ0v) is 20.2. The van der Waals surface area contributed by atoms with Crippen LogP contribution in [0.25, 0.3) is 10.9 Å². The molecule has 0 amide bonds. The third-order valence-corrected chi connectivity index (χ3v) is 8.19. The Balaban J connectivity index is 1.48. The highest BCUT2D eigenvalue weighted by Gasteiger charge is 2.47. The molecule has 1 N–H and O–H groups in total. The minimum Gasteiger partial charge on any atom is -0.497 e. The molecule has 0 saturated carbocycles. The molecule has 180 valence electrons. The van der Waals surface area contributed by atoms with Crippen LogP contribution in [0.15, 0.2) is 36.4 Å². The number of piperidine rings is 1. The molecule has 1 aromatic heterocycles. The summed E-state index contributed by atoms with van der Waals surface area (Å²) in [5.74, 6) is 2.47. The average Bonchev–Trinajstić information content (AvgIpc) is 3.44. The van der Waals surface area contributed by atoms with E-state index in [0.29, 0.717) is 0 Å². The third-order valence-electron chi connectivity index (χ3n) is 8.19. The Hall–Kier alpha value is -2.74. The number of aliphatic hydroxyl groups is 1. The maximum atomic E-state index is 10.7. The molecule has 0 aliphatic carbocycles. The first-order chi connectivity index (χ1) is 16.5. The minimum absolute atomic E-state index is 0.0535. The maximum absolute atomic E-state index is 10.7. The molecule has 0 radical (unpaired) electrons. The van der Waals surface area contributed by atoms with E-state index in [1.165, 1.54) is 27.7 Å². The fourth-order valence-electron chi connectivity index (χ4n) is 6.36. The number of nitrogens with zero attached hydrogens (tertiary/aromatic N) is 3. The van der Waals surface area contributed by atoms with E-state index in [9.17, 15) is 5.11 Å². The lowest BCUT2D eigenvalue weighted by Crippen LogP contribution is -2.53. The molecule has 1 atom stereocenters. The van der Waals surface area contributed by atoms with Crippen molar-refractivity contribution in [1.29, 1.82) is 0 Å². The third kappa shape index (κ3) is 3.29. The number of benzene rings is 2. The second-order valence-corrected chi connectivity index (χ2v) is 10.1. The number of aliphatic hydroxyl groups excluding tert-OH is 1. The molecule has 7 heteroatoms. The lowest BCUT2D eigenvalue weighted by molar-refractivity contribution is 0.0456. The summed E-state index contributed by atoms with van der Waals surface area (Å²) in [7, 11) is 6.06. The molecule has 1 saturated heterocycles. The Morgan fingerprint density at radius 1 is 1.06 bits per heavy atom. The van der Waals surface area contributed by atoms with Crippen molar-refractivity contribution >= 4 is 10.9 Å². The van der Waals surface area contributed by atoms with Gasteiger partial charge in [-0.15, -0.1) is 0 Å². The van der Waals surface area contributed by atoms with E-state index >= 15 is 0 Å². The number of ether oxygens (including phenoxy) is 3. The number of likely N-dealkylation sites (tertiary alicyclic amines) is 1. The van der Waals surface area contributed by atoms with Crippen molar-refractivity contribution in [2.24, 2.45) is 7.05 Å². The molecule has 3 aliphatic rings. The number of fused-ring (bicyclic) bond motifs is 5. The van der Waals surface area contributed by atoms with Gasteiger partial charge in [-0.3, -0.25) is 4.90 Å². The van der Waals surface area contributed by atoms with Crippen molar-refractivity contribution < 1.29 is 19.3 Å². The van der Waals surface area contributed by atoms with Crippen LogP contribution in [0.2, 0.25) is 0 Å². The van der Waals surface area contributed by atoms with Gasteiger partial charge < -0.3 is 28.8 Å². The Labute approximate surface area is 200 Å². The second kappa shape index (κ2) is 8.18. The molecule has 3 aliphatic heterocycles. The molecule has 6 rings (SSSR count). The SMILES string of the molecule is COc1ccc2c3c(n(C)c2c1)[C@@H](CO)N(Cc1ccc2c(c1)OCO2)CC31CCN(C)CC1. The Morgan fingerprint density at radius 3 is 2.62 bits per heavy atom. The Kier molecular flexibility index (Phi) is 5.24. The quantitative estimate of drug-likeness (QED) is 0.640. The molecule has 2 aromatic carbocycles. The normalized spacial score (nSPS) is 21.8. The number of hydrogen-bond donors (Lipinski definition) is 1. The summed E-state index contributed by atoms with van der Waals surface area (Å²) >= 11 is 0. The summed E-state index contributed by atoms with van der Waals surface area (Å²) in [6, 6.07) is 12.5. The van der Waals surface area contributed by atoms with Crippen molar-refractivity contribution in [2.45, 2.75) is 30.8 Å². The number of hydrogen-bond acceptors (Lipinski definition) is 6. The van der Waals surface area contributed by atoms with Crippen LogP contribution in [0.3, 0.4) is 0 Å². The summed E-state index contributed by atoms with van der Waals surface area (Å²) in [6.45, 7) is 4.19. The fraction of sp³-hybridized carbons (Fsp3) is 0.481. The van der Waals surface area contributed by atoms with Crippen molar-refractivity contribution in [3.63, 3.8) is 0 Å². The largest absolute Gasteiger partial charge is 0.497 e. The molecule has 7 nitrogen and oxygen atoms in total. The van der Waals surface area contributed by atoms with Gasteiger partial charge in [-0.05, 0) is 68.4 Å². The van der Waals surface area contributed by atoms with Crippen molar-refractivity contribution in [3.05, 3.63) is 53.2 Å². The van der Waals surface area contributed by atoms with Gasteiger partial charge in [0.1, 0.15) is 5.75 Å². The molecular weight excluding hydrogens is 430 g/mol. The second-order valence-electron chi connectivity index (χ2n) is 10.1. The molecule has 1 spiro atoms. The van der Waals surface area contributed by atoms with Gasteiger partial charge in [0.25, 0.3) is 0 Å². The van der Waals surface area contributed by atoms with Crippen molar-refractivity contribution in [3.8, 4) is 17.2 Å². The van der Waals surface area contributed by atoms with E-state index in [2.05, 4.69) is 58.8 Å². The van der Waals surface area contributed by atoms with Gasteiger partial charge >= 0.3 is 0 Å². The van der Waals surface area contributed by atoms with Crippen LogP contribution in [0.1, 0.15) is 35.7 Å². The van der Waals surface area contributed by atoms with Crippen LogP contribution in [0.5, 0.6) is 17.2 Å². The summed E-state index contributed by atoms with van der Waals surface area (Å²) in [4.78, 5) is 4.90. The standard InChI is InChI=1S/C27H33N3O4/c1-28-10-8-27(9-11-28)16-30(14-18-4-7-23-24(12-18)34-17-33-23)22(15-31)26-25(27)20-6-5-19(32-3)13-21(20)29(26)2/h4-7,12-13,22,31H,8-11,14-17H2,1-3H3/t22-/m1/s1. The highest BCUT2D eigenvalue weighted by molar-refractivity contribution is 5.88. The van der Waals surface area contributed by atoms with Gasteiger partial charge in [0.2, 0.25) is 6.79 Å². The predicted molar refractivity (Wildman–Crippen MR) is 131 cm³/mol. The van der Waals surface area contributed by atoms with E-state index in [-0.39, 0.29) is 24.9 Å². The lowest BCUT2D eigenvalue weighted by atomic mass is 9.68.